The van der Waals surface area contributed by atoms with Crippen LogP contribution in [-0.4, -0.2) is 16.7 Å². The molecule has 3 nitrogen and oxygen atoms in total. The molecule has 1 aliphatic heterocycles. The summed E-state index contributed by atoms with van der Waals surface area (Å²) in [6, 6.07) is 10.9. The van der Waals surface area contributed by atoms with Crippen LogP contribution in [0.25, 0.3) is 0 Å². The first kappa shape index (κ1) is 14.5. The van der Waals surface area contributed by atoms with E-state index in [0.717, 1.165) is 14.7 Å². The fourth-order valence-electron chi connectivity index (χ4n) is 2.39. The van der Waals surface area contributed by atoms with Crippen molar-refractivity contribution in [3.63, 3.8) is 0 Å². The highest BCUT2D eigenvalue weighted by atomic mass is 127. The van der Waals surface area contributed by atoms with E-state index < -0.39 is 0 Å². The zero-order chi connectivity index (χ0) is 15.1. The molecule has 0 bridgehead atoms. The van der Waals surface area contributed by atoms with Gasteiger partial charge in [-0.25, -0.2) is 0 Å². The van der Waals surface area contributed by atoms with Crippen molar-refractivity contribution in [1.82, 2.24) is 4.90 Å². The molecule has 2 aromatic rings. The van der Waals surface area contributed by atoms with Gasteiger partial charge in [0.05, 0.1) is 17.7 Å². The number of carbonyl (C=O) groups is 2. The van der Waals surface area contributed by atoms with Gasteiger partial charge in [0, 0.05) is 8.59 Å². The Bertz CT molecular complexity index is 773. The van der Waals surface area contributed by atoms with E-state index in [1.54, 1.807) is 12.1 Å². The number of carbonyl (C=O) groups excluding carboxylic acids is 2. The second-order valence-electron chi connectivity index (χ2n) is 4.95. The first-order valence-corrected chi connectivity index (χ1v) is 7.84. The van der Waals surface area contributed by atoms with Crippen molar-refractivity contribution in [3.05, 3.63) is 67.2 Å². The Morgan fingerprint density at radius 3 is 2.57 bits per heavy atom. The minimum absolute atomic E-state index is 0.196. The molecule has 0 radical (unpaired) electrons. The van der Waals surface area contributed by atoms with Crippen LogP contribution in [-0.2, 0) is 6.54 Å². The van der Waals surface area contributed by atoms with Gasteiger partial charge in [-0.2, -0.15) is 0 Å². The highest BCUT2D eigenvalue weighted by molar-refractivity contribution is 14.1. The molecule has 0 aromatic heterocycles. The Morgan fingerprint density at radius 1 is 1.14 bits per heavy atom. The van der Waals surface area contributed by atoms with Crippen molar-refractivity contribution >= 4 is 46.0 Å². The Kier molecular flexibility index (Phi) is 3.75. The summed E-state index contributed by atoms with van der Waals surface area (Å²) in [5, 5.41) is 0.571. The molecular formula is C16H11ClINO2. The van der Waals surface area contributed by atoms with Gasteiger partial charge in [-0.3, -0.25) is 14.5 Å². The van der Waals surface area contributed by atoms with E-state index in [-0.39, 0.29) is 18.4 Å². The predicted octanol–water partition coefficient (Wildman–Crippen LogP) is 4.05. The number of hydrogen-bond acceptors (Lipinski definition) is 2. The van der Waals surface area contributed by atoms with Crippen molar-refractivity contribution < 1.29 is 9.59 Å². The minimum Gasteiger partial charge on any atom is -0.270 e. The Morgan fingerprint density at radius 2 is 1.90 bits per heavy atom. The van der Waals surface area contributed by atoms with Gasteiger partial charge in [-0.15, -0.1) is 0 Å². The summed E-state index contributed by atoms with van der Waals surface area (Å²) in [5.74, 6) is -0.512. The van der Waals surface area contributed by atoms with Crippen molar-refractivity contribution in [2.24, 2.45) is 0 Å². The Labute approximate surface area is 141 Å². The van der Waals surface area contributed by atoms with Gasteiger partial charge in [0.2, 0.25) is 0 Å². The quantitative estimate of drug-likeness (QED) is 0.552. The molecule has 0 saturated carbocycles. The molecule has 0 N–H and O–H groups in total. The van der Waals surface area contributed by atoms with Crippen molar-refractivity contribution in [2.45, 2.75) is 13.5 Å². The van der Waals surface area contributed by atoms with Gasteiger partial charge in [-0.1, -0.05) is 29.8 Å². The number of rotatable bonds is 2. The third-order valence-electron chi connectivity index (χ3n) is 3.49. The summed E-state index contributed by atoms with van der Waals surface area (Å²) in [6.07, 6.45) is 0. The van der Waals surface area contributed by atoms with Crippen LogP contribution in [0.4, 0.5) is 0 Å². The molecule has 3 rings (SSSR count). The van der Waals surface area contributed by atoms with Crippen LogP contribution >= 0.6 is 34.2 Å². The number of fused-ring (bicyclic) bond motifs is 1. The lowest BCUT2D eigenvalue weighted by Gasteiger charge is -2.15. The van der Waals surface area contributed by atoms with Gasteiger partial charge in [0.15, 0.2) is 0 Å². The van der Waals surface area contributed by atoms with Crippen LogP contribution in [0.3, 0.4) is 0 Å². The molecule has 0 spiro atoms. The van der Waals surface area contributed by atoms with E-state index >= 15 is 0 Å². The van der Waals surface area contributed by atoms with Crippen molar-refractivity contribution in [2.75, 3.05) is 0 Å². The average Bonchev–Trinajstić information content (AvgIpc) is 2.68. The van der Waals surface area contributed by atoms with Crippen LogP contribution < -0.4 is 0 Å². The van der Waals surface area contributed by atoms with E-state index in [1.807, 2.05) is 31.2 Å². The number of hydrogen-bond donors (Lipinski definition) is 0. The minimum atomic E-state index is -0.259. The first-order valence-electron chi connectivity index (χ1n) is 6.39. The molecule has 21 heavy (non-hydrogen) atoms. The second-order valence-corrected chi connectivity index (χ2v) is 6.52. The maximum absolute atomic E-state index is 12.5. The van der Waals surface area contributed by atoms with Crippen LogP contribution in [0.15, 0.2) is 36.4 Å². The largest absolute Gasteiger partial charge is 0.270 e. The third kappa shape index (κ3) is 2.46. The summed E-state index contributed by atoms with van der Waals surface area (Å²) in [5.41, 5.74) is 2.77. The Hall–Kier alpha value is -1.40. The fraction of sp³-hybridized carbons (Fsp3) is 0.125. The maximum Gasteiger partial charge on any atom is 0.262 e. The lowest BCUT2D eigenvalue weighted by Crippen LogP contribution is -2.29. The van der Waals surface area contributed by atoms with Gasteiger partial charge >= 0.3 is 0 Å². The van der Waals surface area contributed by atoms with Crippen LogP contribution in [0.1, 0.15) is 31.8 Å². The standard InChI is InChI=1S/C16H11ClINO2/c1-9-5-6-10(12(17)7-9)8-19-15(20)11-3-2-4-13(18)14(11)16(19)21/h2-7H,8H2,1H3. The van der Waals surface area contributed by atoms with E-state index in [4.69, 9.17) is 11.6 Å². The van der Waals surface area contributed by atoms with Crippen molar-refractivity contribution in [3.8, 4) is 0 Å². The Balaban J connectivity index is 1.97. The van der Waals surface area contributed by atoms with Gasteiger partial charge in [0.25, 0.3) is 11.8 Å². The number of imide groups is 1. The monoisotopic (exact) mass is 411 g/mol. The highest BCUT2D eigenvalue weighted by Gasteiger charge is 2.37. The maximum atomic E-state index is 12.5. The number of halogens is 2. The molecule has 0 fully saturated rings. The molecule has 0 saturated heterocycles. The molecule has 2 amide bonds. The first-order chi connectivity index (χ1) is 9.99. The summed E-state index contributed by atoms with van der Waals surface area (Å²) in [4.78, 5) is 26.1. The van der Waals surface area contributed by atoms with E-state index in [1.165, 1.54) is 4.90 Å². The van der Waals surface area contributed by atoms with Crippen molar-refractivity contribution in [1.29, 1.82) is 0 Å². The molecular weight excluding hydrogens is 401 g/mol. The SMILES string of the molecule is Cc1ccc(CN2C(=O)c3cccc(I)c3C2=O)c(Cl)c1. The number of benzene rings is 2. The summed E-state index contributed by atoms with van der Waals surface area (Å²) in [6.45, 7) is 2.14. The van der Waals surface area contributed by atoms with Gasteiger partial charge in [0.1, 0.15) is 0 Å². The average molecular weight is 412 g/mol. The van der Waals surface area contributed by atoms with Gasteiger partial charge in [-0.05, 0) is 58.8 Å². The van der Waals surface area contributed by atoms with Crippen LogP contribution in [0.5, 0.6) is 0 Å². The van der Waals surface area contributed by atoms with Crippen LogP contribution in [0.2, 0.25) is 5.02 Å². The van der Waals surface area contributed by atoms with E-state index in [9.17, 15) is 9.59 Å². The smallest absolute Gasteiger partial charge is 0.262 e. The summed E-state index contributed by atoms with van der Waals surface area (Å²) < 4.78 is 0.793. The molecule has 5 heteroatoms. The lowest BCUT2D eigenvalue weighted by molar-refractivity contribution is 0.0642. The lowest BCUT2D eigenvalue weighted by atomic mass is 10.1. The van der Waals surface area contributed by atoms with E-state index in [0.29, 0.717) is 16.1 Å². The normalized spacial score (nSPS) is 13.8. The molecule has 1 heterocycles. The molecule has 0 unspecified atom stereocenters. The third-order valence-corrected chi connectivity index (χ3v) is 4.74. The zero-order valence-electron chi connectivity index (χ0n) is 11.2. The number of amides is 2. The molecule has 106 valence electrons. The highest BCUT2D eigenvalue weighted by Crippen LogP contribution is 2.29. The molecule has 0 aliphatic carbocycles. The zero-order valence-corrected chi connectivity index (χ0v) is 14.1. The number of aryl methyl sites for hydroxylation is 1. The molecule has 1 aliphatic rings. The molecule has 2 aromatic carbocycles. The second kappa shape index (κ2) is 5.42. The van der Waals surface area contributed by atoms with Gasteiger partial charge < -0.3 is 0 Å². The molecule has 0 atom stereocenters. The fourth-order valence-corrected chi connectivity index (χ4v) is 3.41. The van der Waals surface area contributed by atoms with E-state index in [2.05, 4.69) is 22.6 Å². The predicted molar refractivity (Wildman–Crippen MR) is 89.6 cm³/mol. The van der Waals surface area contributed by atoms with Crippen LogP contribution in [0, 0.1) is 10.5 Å². The summed E-state index contributed by atoms with van der Waals surface area (Å²) >= 11 is 8.27. The summed E-state index contributed by atoms with van der Waals surface area (Å²) in [7, 11) is 0. The topological polar surface area (TPSA) is 37.4 Å². The number of nitrogens with zero attached hydrogens (tertiary/aromatic N) is 1.